The molecule has 0 saturated heterocycles. The molecule has 1 aromatic heterocycles. The Hall–Kier alpha value is -2.60. The molecule has 5 nitrogen and oxygen atoms in total. The Balaban J connectivity index is 1.46. The number of benzene rings is 2. The number of carbonyl (C=O) groups excluding carboxylic acids is 1. The van der Waals surface area contributed by atoms with Crippen molar-refractivity contribution in [2.45, 2.75) is 36.1 Å². The van der Waals surface area contributed by atoms with Crippen LogP contribution < -0.4 is 5.32 Å². The van der Waals surface area contributed by atoms with Crippen LogP contribution in [0.5, 0.6) is 0 Å². The molecule has 138 valence electrons. The van der Waals surface area contributed by atoms with Gasteiger partial charge in [0, 0.05) is 29.5 Å². The topological polar surface area (TPSA) is 59.8 Å². The van der Waals surface area contributed by atoms with E-state index in [0.29, 0.717) is 11.5 Å². The molecule has 1 atom stereocenters. The summed E-state index contributed by atoms with van der Waals surface area (Å²) in [7, 11) is 2.04. The second kappa shape index (κ2) is 7.56. The molecule has 1 saturated carbocycles. The van der Waals surface area contributed by atoms with E-state index in [9.17, 15) is 4.79 Å². The smallest absolute Gasteiger partial charge is 0.255 e. The quantitative estimate of drug-likeness (QED) is 0.626. The Kier molecular flexibility index (Phi) is 4.99. The maximum absolute atomic E-state index is 12.4. The highest BCUT2D eigenvalue weighted by Gasteiger charge is 2.29. The summed E-state index contributed by atoms with van der Waals surface area (Å²) in [5.74, 6) is 1.58. The molecular weight excluding hydrogens is 356 g/mol. The minimum atomic E-state index is -0.101. The third kappa shape index (κ3) is 4.06. The van der Waals surface area contributed by atoms with Gasteiger partial charge in [0.2, 0.25) is 0 Å². The van der Waals surface area contributed by atoms with Gasteiger partial charge < -0.3 is 9.88 Å². The number of thioether (sulfide) groups is 1. The van der Waals surface area contributed by atoms with Crippen molar-refractivity contribution < 1.29 is 4.79 Å². The zero-order valence-corrected chi connectivity index (χ0v) is 16.2. The van der Waals surface area contributed by atoms with Gasteiger partial charge in [-0.3, -0.25) is 4.79 Å². The van der Waals surface area contributed by atoms with Gasteiger partial charge in [-0.05, 0) is 49.6 Å². The minimum Gasteiger partial charge on any atom is -0.322 e. The molecule has 1 N–H and O–H groups in total. The van der Waals surface area contributed by atoms with Crippen LogP contribution in [0.4, 0.5) is 5.69 Å². The number of amides is 1. The molecule has 0 spiro atoms. The maximum Gasteiger partial charge on any atom is 0.255 e. The third-order valence-corrected chi connectivity index (χ3v) is 5.94. The number of hydrogen-bond acceptors (Lipinski definition) is 4. The van der Waals surface area contributed by atoms with Crippen molar-refractivity contribution in [1.82, 2.24) is 14.8 Å². The summed E-state index contributed by atoms with van der Waals surface area (Å²) in [5, 5.41) is 12.8. The fraction of sp³-hybridized carbons (Fsp3) is 0.286. The molecule has 0 radical (unpaired) electrons. The number of carbonyl (C=O) groups is 1. The summed E-state index contributed by atoms with van der Waals surface area (Å²) in [4.78, 5) is 12.4. The maximum atomic E-state index is 12.4. The van der Waals surface area contributed by atoms with Crippen LogP contribution in [-0.2, 0) is 7.05 Å². The van der Waals surface area contributed by atoms with Crippen molar-refractivity contribution in [3.8, 4) is 0 Å². The molecule has 1 aliphatic rings. The first kappa shape index (κ1) is 17.8. The van der Waals surface area contributed by atoms with Crippen molar-refractivity contribution >= 4 is 23.4 Å². The lowest BCUT2D eigenvalue weighted by molar-refractivity contribution is 0.102. The van der Waals surface area contributed by atoms with Crippen LogP contribution in [0, 0.1) is 0 Å². The highest BCUT2D eigenvalue weighted by atomic mass is 32.2. The van der Waals surface area contributed by atoms with Crippen molar-refractivity contribution in [2.24, 2.45) is 7.05 Å². The summed E-state index contributed by atoms with van der Waals surface area (Å²) in [6, 6.07) is 17.2. The van der Waals surface area contributed by atoms with E-state index in [1.54, 1.807) is 11.8 Å². The first-order valence-corrected chi connectivity index (χ1v) is 10.0. The molecule has 2 aromatic carbocycles. The highest BCUT2D eigenvalue weighted by Crippen LogP contribution is 2.41. The van der Waals surface area contributed by atoms with E-state index in [-0.39, 0.29) is 11.2 Å². The number of nitrogens with zero attached hydrogens (tertiary/aromatic N) is 3. The Morgan fingerprint density at radius 1 is 1.15 bits per heavy atom. The van der Waals surface area contributed by atoms with Crippen molar-refractivity contribution in [3.05, 3.63) is 71.5 Å². The number of rotatable bonds is 6. The molecule has 1 aliphatic carbocycles. The second-order valence-electron chi connectivity index (χ2n) is 6.88. The highest BCUT2D eigenvalue weighted by molar-refractivity contribution is 7.99. The van der Waals surface area contributed by atoms with E-state index in [1.807, 2.05) is 55.6 Å². The zero-order chi connectivity index (χ0) is 18.8. The van der Waals surface area contributed by atoms with Crippen LogP contribution >= 0.6 is 11.8 Å². The zero-order valence-electron chi connectivity index (χ0n) is 15.4. The largest absolute Gasteiger partial charge is 0.322 e. The van der Waals surface area contributed by atoms with Gasteiger partial charge >= 0.3 is 0 Å². The number of hydrogen-bond donors (Lipinski definition) is 1. The third-order valence-electron chi connectivity index (χ3n) is 4.74. The molecule has 0 aliphatic heterocycles. The lowest BCUT2D eigenvalue weighted by Crippen LogP contribution is -2.11. The van der Waals surface area contributed by atoms with Gasteiger partial charge in [0.25, 0.3) is 5.91 Å². The van der Waals surface area contributed by atoms with Gasteiger partial charge in [0.1, 0.15) is 5.82 Å². The molecule has 3 aromatic rings. The number of anilines is 1. The van der Waals surface area contributed by atoms with Crippen molar-refractivity contribution in [1.29, 1.82) is 0 Å². The van der Waals surface area contributed by atoms with Gasteiger partial charge in [-0.25, -0.2) is 0 Å². The van der Waals surface area contributed by atoms with Crippen LogP contribution in [0.2, 0.25) is 0 Å². The van der Waals surface area contributed by atoms with Crippen LogP contribution in [0.15, 0.2) is 59.8 Å². The summed E-state index contributed by atoms with van der Waals surface area (Å²) < 4.78 is 2.11. The molecule has 1 heterocycles. The van der Waals surface area contributed by atoms with Crippen LogP contribution in [0.25, 0.3) is 0 Å². The predicted octanol–water partition coefficient (Wildman–Crippen LogP) is 4.80. The normalized spacial score (nSPS) is 14.7. The molecular formula is C21H22N4OS. The summed E-state index contributed by atoms with van der Waals surface area (Å²) in [6.07, 6.45) is 2.44. The van der Waals surface area contributed by atoms with Crippen LogP contribution in [0.3, 0.4) is 0 Å². The van der Waals surface area contributed by atoms with Gasteiger partial charge in [-0.15, -0.1) is 10.2 Å². The molecule has 1 amide bonds. The Morgan fingerprint density at radius 2 is 1.93 bits per heavy atom. The van der Waals surface area contributed by atoms with Gasteiger partial charge in [-0.2, -0.15) is 0 Å². The average molecular weight is 379 g/mol. The molecule has 1 unspecified atom stereocenters. The van der Waals surface area contributed by atoms with Gasteiger partial charge in [0.15, 0.2) is 5.16 Å². The van der Waals surface area contributed by atoms with E-state index in [1.165, 1.54) is 12.8 Å². The SMILES string of the molecule is CC(Sc1nnc(C2CC2)n1C)c1cccc(NC(=O)c2ccccc2)c1. The summed E-state index contributed by atoms with van der Waals surface area (Å²) in [5.41, 5.74) is 2.59. The molecule has 0 bridgehead atoms. The monoisotopic (exact) mass is 378 g/mol. The van der Waals surface area contributed by atoms with E-state index >= 15 is 0 Å². The fourth-order valence-electron chi connectivity index (χ4n) is 3.01. The second-order valence-corrected chi connectivity index (χ2v) is 8.19. The van der Waals surface area contributed by atoms with E-state index < -0.39 is 0 Å². The lowest BCUT2D eigenvalue weighted by atomic mass is 10.1. The standard InChI is InChI=1S/C21H22N4OS/c1-14(27-21-24-23-19(25(21)2)15-11-12-15)17-9-6-10-18(13-17)22-20(26)16-7-4-3-5-8-16/h3-10,13-15H,11-12H2,1-2H3,(H,22,26). The van der Waals surface area contributed by atoms with E-state index in [4.69, 9.17) is 0 Å². The minimum absolute atomic E-state index is 0.101. The Morgan fingerprint density at radius 3 is 2.67 bits per heavy atom. The number of nitrogens with one attached hydrogen (secondary N) is 1. The van der Waals surface area contributed by atoms with E-state index in [0.717, 1.165) is 22.2 Å². The Bertz CT molecular complexity index is 950. The first-order chi connectivity index (χ1) is 13.1. The first-order valence-electron chi connectivity index (χ1n) is 9.14. The lowest BCUT2D eigenvalue weighted by Gasteiger charge is -2.13. The molecule has 27 heavy (non-hydrogen) atoms. The number of aromatic nitrogens is 3. The molecule has 6 heteroatoms. The Labute approximate surface area is 163 Å². The van der Waals surface area contributed by atoms with Gasteiger partial charge in [-0.1, -0.05) is 42.1 Å². The average Bonchev–Trinajstić information content (AvgIpc) is 3.47. The van der Waals surface area contributed by atoms with Crippen LogP contribution in [0.1, 0.15) is 52.7 Å². The summed E-state index contributed by atoms with van der Waals surface area (Å²) >= 11 is 1.69. The van der Waals surface area contributed by atoms with Crippen molar-refractivity contribution in [2.75, 3.05) is 5.32 Å². The van der Waals surface area contributed by atoms with Crippen LogP contribution in [-0.4, -0.2) is 20.7 Å². The molecule has 4 rings (SSSR count). The van der Waals surface area contributed by atoms with Gasteiger partial charge in [0.05, 0.1) is 0 Å². The predicted molar refractivity (Wildman–Crippen MR) is 108 cm³/mol. The van der Waals surface area contributed by atoms with E-state index in [2.05, 4.69) is 33.1 Å². The van der Waals surface area contributed by atoms with Crippen molar-refractivity contribution in [3.63, 3.8) is 0 Å². The summed E-state index contributed by atoms with van der Waals surface area (Å²) in [6.45, 7) is 2.15. The molecule has 1 fully saturated rings. The fourth-order valence-corrected chi connectivity index (χ4v) is 3.95.